The fraction of sp³-hybridized carbons (Fsp3) is 0.800. The molecule has 108 valence electrons. The van der Waals surface area contributed by atoms with Crippen molar-refractivity contribution in [2.75, 3.05) is 13.1 Å². The van der Waals surface area contributed by atoms with Crippen molar-refractivity contribution in [1.82, 2.24) is 15.6 Å². The number of hydrogen-bond donors (Lipinski definition) is 2. The zero-order chi connectivity index (χ0) is 14.1. The van der Waals surface area contributed by atoms with Gasteiger partial charge in [0.2, 0.25) is 0 Å². The fourth-order valence-electron chi connectivity index (χ4n) is 2.66. The maximum absolute atomic E-state index is 4.96. The molecule has 0 saturated carbocycles. The van der Waals surface area contributed by atoms with E-state index in [1.165, 1.54) is 10.7 Å². The van der Waals surface area contributed by atoms with E-state index < -0.39 is 0 Å². The molecule has 1 aromatic heterocycles. The summed E-state index contributed by atoms with van der Waals surface area (Å²) in [4.78, 5) is 4.96. The molecule has 1 fully saturated rings. The molecule has 3 nitrogen and oxygen atoms in total. The van der Waals surface area contributed by atoms with E-state index in [0.29, 0.717) is 6.04 Å². The van der Waals surface area contributed by atoms with Crippen LogP contribution in [-0.2, 0) is 11.0 Å². The topological polar surface area (TPSA) is 37.0 Å². The third-order valence-corrected chi connectivity index (χ3v) is 4.75. The minimum Gasteiger partial charge on any atom is -0.317 e. The summed E-state index contributed by atoms with van der Waals surface area (Å²) in [6.07, 6.45) is 2.25. The SMILES string of the molecule is CC(C)NC1(c2nc(C(C)(C)C)cs2)CCNCC1. The van der Waals surface area contributed by atoms with Crippen LogP contribution in [0.2, 0.25) is 0 Å². The van der Waals surface area contributed by atoms with E-state index in [-0.39, 0.29) is 11.0 Å². The molecule has 2 heterocycles. The lowest BCUT2D eigenvalue weighted by Crippen LogP contribution is -2.52. The Morgan fingerprint density at radius 3 is 2.42 bits per heavy atom. The normalized spacial score (nSPS) is 19.9. The van der Waals surface area contributed by atoms with Crippen LogP contribution in [0.1, 0.15) is 58.2 Å². The Balaban J connectivity index is 2.30. The second-order valence-electron chi connectivity index (χ2n) is 6.92. The van der Waals surface area contributed by atoms with Gasteiger partial charge >= 0.3 is 0 Å². The molecule has 1 aromatic rings. The summed E-state index contributed by atoms with van der Waals surface area (Å²) in [6, 6.07) is 0.486. The van der Waals surface area contributed by atoms with Gasteiger partial charge in [0, 0.05) is 16.8 Å². The van der Waals surface area contributed by atoms with Gasteiger partial charge in [0.25, 0.3) is 0 Å². The highest BCUT2D eigenvalue weighted by atomic mass is 32.1. The van der Waals surface area contributed by atoms with Crippen LogP contribution in [-0.4, -0.2) is 24.1 Å². The van der Waals surface area contributed by atoms with Gasteiger partial charge in [-0.05, 0) is 39.8 Å². The molecule has 1 aliphatic rings. The maximum Gasteiger partial charge on any atom is 0.113 e. The van der Waals surface area contributed by atoms with Gasteiger partial charge in [-0.1, -0.05) is 20.8 Å². The summed E-state index contributed by atoms with van der Waals surface area (Å²) >= 11 is 1.82. The van der Waals surface area contributed by atoms with Gasteiger partial charge in [-0.2, -0.15) is 0 Å². The van der Waals surface area contributed by atoms with E-state index in [1.54, 1.807) is 0 Å². The van der Waals surface area contributed by atoms with Gasteiger partial charge in [0.15, 0.2) is 0 Å². The van der Waals surface area contributed by atoms with Gasteiger partial charge < -0.3 is 10.6 Å². The fourth-order valence-corrected chi connectivity index (χ4v) is 3.93. The van der Waals surface area contributed by atoms with Crippen molar-refractivity contribution in [2.45, 2.75) is 64.5 Å². The van der Waals surface area contributed by atoms with Gasteiger partial charge in [0.05, 0.1) is 11.2 Å². The Kier molecular flexibility index (Phi) is 4.33. The van der Waals surface area contributed by atoms with Crippen molar-refractivity contribution in [3.63, 3.8) is 0 Å². The zero-order valence-corrected chi connectivity index (χ0v) is 13.7. The van der Waals surface area contributed by atoms with Crippen LogP contribution >= 0.6 is 11.3 Å². The average Bonchev–Trinajstić information content (AvgIpc) is 2.78. The largest absolute Gasteiger partial charge is 0.317 e. The summed E-state index contributed by atoms with van der Waals surface area (Å²) in [7, 11) is 0. The van der Waals surface area contributed by atoms with Gasteiger partial charge in [0.1, 0.15) is 5.01 Å². The number of hydrogen-bond acceptors (Lipinski definition) is 4. The molecule has 19 heavy (non-hydrogen) atoms. The number of rotatable bonds is 3. The van der Waals surface area contributed by atoms with Crippen LogP contribution in [0.4, 0.5) is 0 Å². The highest BCUT2D eigenvalue weighted by molar-refractivity contribution is 7.09. The predicted molar refractivity (Wildman–Crippen MR) is 82.9 cm³/mol. The van der Waals surface area contributed by atoms with Crippen molar-refractivity contribution in [3.8, 4) is 0 Å². The quantitative estimate of drug-likeness (QED) is 0.894. The van der Waals surface area contributed by atoms with Gasteiger partial charge in [-0.3, -0.25) is 0 Å². The average molecular weight is 281 g/mol. The van der Waals surface area contributed by atoms with Crippen molar-refractivity contribution < 1.29 is 0 Å². The van der Waals surface area contributed by atoms with Crippen LogP contribution in [0.25, 0.3) is 0 Å². The second-order valence-corrected chi connectivity index (χ2v) is 7.78. The molecule has 2 N–H and O–H groups in total. The third kappa shape index (κ3) is 3.36. The summed E-state index contributed by atoms with van der Waals surface area (Å²) in [6.45, 7) is 13.3. The van der Waals surface area contributed by atoms with E-state index in [1.807, 2.05) is 11.3 Å². The first-order valence-corrected chi connectivity index (χ1v) is 8.16. The molecule has 4 heteroatoms. The number of thiazole rings is 1. The van der Waals surface area contributed by atoms with E-state index in [4.69, 9.17) is 4.98 Å². The summed E-state index contributed by atoms with van der Waals surface area (Å²) in [5, 5.41) is 10.7. The zero-order valence-electron chi connectivity index (χ0n) is 12.8. The molecule has 1 saturated heterocycles. The van der Waals surface area contributed by atoms with Crippen LogP contribution in [0.5, 0.6) is 0 Å². The minimum absolute atomic E-state index is 0.0770. The minimum atomic E-state index is 0.0770. The highest BCUT2D eigenvalue weighted by Crippen LogP contribution is 2.35. The van der Waals surface area contributed by atoms with E-state index in [9.17, 15) is 0 Å². The van der Waals surface area contributed by atoms with Crippen molar-refractivity contribution in [2.24, 2.45) is 0 Å². The van der Waals surface area contributed by atoms with Crippen LogP contribution in [0.3, 0.4) is 0 Å². The molecule has 1 aliphatic heterocycles. The molecule has 0 radical (unpaired) electrons. The Hall–Kier alpha value is -0.450. The van der Waals surface area contributed by atoms with Gasteiger partial charge in [-0.25, -0.2) is 4.98 Å². The molecule has 2 rings (SSSR count). The first-order valence-electron chi connectivity index (χ1n) is 7.28. The first kappa shape index (κ1) is 14.9. The Morgan fingerprint density at radius 1 is 1.32 bits per heavy atom. The third-order valence-electron chi connectivity index (χ3n) is 3.70. The molecular formula is C15H27N3S. The highest BCUT2D eigenvalue weighted by Gasteiger charge is 2.37. The Labute approximate surface area is 121 Å². The molecule has 0 atom stereocenters. The smallest absolute Gasteiger partial charge is 0.113 e. The van der Waals surface area contributed by atoms with Crippen LogP contribution < -0.4 is 10.6 Å². The number of aromatic nitrogens is 1. The molecule has 0 bridgehead atoms. The lowest BCUT2D eigenvalue weighted by Gasteiger charge is -2.38. The Morgan fingerprint density at radius 2 is 1.95 bits per heavy atom. The Bertz CT molecular complexity index is 411. The predicted octanol–water partition coefficient (Wildman–Crippen LogP) is 3.02. The standard InChI is InChI=1S/C15H27N3S/c1-11(2)18-15(6-8-16-9-7-15)13-17-12(10-19-13)14(3,4)5/h10-11,16,18H,6-9H2,1-5H3. The lowest BCUT2D eigenvalue weighted by atomic mass is 9.87. The van der Waals surface area contributed by atoms with Crippen molar-refractivity contribution in [1.29, 1.82) is 0 Å². The molecule has 0 spiro atoms. The summed E-state index contributed by atoms with van der Waals surface area (Å²) < 4.78 is 0. The summed E-state index contributed by atoms with van der Waals surface area (Å²) in [5.74, 6) is 0. The van der Waals surface area contributed by atoms with Crippen molar-refractivity contribution in [3.05, 3.63) is 16.1 Å². The molecule has 0 amide bonds. The molecule has 0 aromatic carbocycles. The molecule has 0 unspecified atom stereocenters. The number of piperidine rings is 1. The molecule has 0 aliphatic carbocycles. The number of nitrogens with one attached hydrogen (secondary N) is 2. The van der Waals surface area contributed by atoms with Crippen LogP contribution in [0, 0.1) is 0 Å². The first-order chi connectivity index (χ1) is 8.83. The van der Waals surface area contributed by atoms with Gasteiger partial charge in [-0.15, -0.1) is 11.3 Å². The second kappa shape index (κ2) is 5.51. The van der Waals surface area contributed by atoms with Crippen LogP contribution in [0.15, 0.2) is 5.38 Å². The van der Waals surface area contributed by atoms with Crippen molar-refractivity contribution >= 4 is 11.3 Å². The van der Waals surface area contributed by atoms with E-state index in [2.05, 4.69) is 50.6 Å². The van der Waals surface area contributed by atoms with E-state index >= 15 is 0 Å². The maximum atomic E-state index is 4.96. The monoisotopic (exact) mass is 281 g/mol. The number of nitrogens with zero attached hydrogens (tertiary/aromatic N) is 1. The van der Waals surface area contributed by atoms with E-state index in [0.717, 1.165) is 25.9 Å². The molecular weight excluding hydrogens is 254 g/mol. The summed E-state index contributed by atoms with van der Waals surface area (Å²) in [5.41, 5.74) is 1.44. The lowest BCUT2D eigenvalue weighted by molar-refractivity contribution is 0.227.